The van der Waals surface area contributed by atoms with E-state index in [2.05, 4.69) is 55.5 Å². The number of rotatable bonds is 1. The Balaban J connectivity index is 1.72. The van der Waals surface area contributed by atoms with Gasteiger partial charge in [0.05, 0.1) is 5.39 Å². The molecule has 2 aromatic heterocycles. The Kier molecular flexibility index (Phi) is 2.38. The van der Waals surface area contributed by atoms with Crippen molar-refractivity contribution < 1.29 is 0 Å². The highest BCUT2D eigenvalue weighted by atomic mass is 15.2. The van der Waals surface area contributed by atoms with Gasteiger partial charge in [0, 0.05) is 30.4 Å². The SMILES string of the molecule is c1ccc2c(c1)N(c1ncnc3[nH]ccc13)CC21CCNC1. The zero-order valence-electron chi connectivity index (χ0n) is 12.2. The third-order valence-electron chi connectivity index (χ3n) is 5.06. The first kappa shape index (κ1) is 12.2. The largest absolute Gasteiger partial charge is 0.346 e. The molecule has 5 heteroatoms. The third kappa shape index (κ3) is 1.51. The first-order valence-electron chi connectivity index (χ1n) is 7.73. The third-order valence-corrected chi connectivity index (χ3v) is 5.06. The minimum atomic E-state index is 0.212. The van der Waals surface area contributed by atoms with Gasteiger partial charge in [-0.2, -0.15) is 0 Å². The molecule has 2 aliphatic rings. The van der Waals surface area contributed by atoms with Gasteiger partial charge in [-0.25, -0.2) is 9.97 Å². The first-order valence-corrected chi connectivity index (χ1v) is 7.73. The van der Waals surface area contributed by atoms with Gasteiger partial charge in [0.15, 0.2) is 0 Å². The van der Waals surface area contributed by atoms with Crippen molar-refractivity contribution >= 4 is 22.5 Å². The number of H-pyrrole nitrogens is 1. The molecular formula is C17H17N5. The lowest BCUT2D eigenvalue weighted by atomic mass is 9.82. The van der Waals surface area contributed by atoms with E-state index >= 15 is 0 Å². The fourth-order valence-electron chi connectivity index (χ4n) is 4.00. The maximum absolute atomic E-state index is 4.59. The van der Waals surface area contributed by atoms with Gasteiger partial charge in [0.2, 0.25) is 0 Å². The summed E-state index contributed by atoms with van der Waals surface area (Å²) in [7, 11) is 0. The molecule has 22 heavy (non-hydrogen) atoms. The molecule has 0 amide bonds. The van der Waals surface area contributed by atoms with Crippen LogP contribution in [0.1, 0.15) is 12.0 Å². The van der Waals surface area contributed by atoms with Crippen molar-refractivity contribution in [1.82, 2.24) is 20.3 Å². The highest BCUT2D eigenvalue weighted by Crippen LogP contribution is 2.47. The summed E-state index contributed by atoms with van der Waals surface area (Å²) < 4.78 is 0. The van der Waals surface area contributed by atoms with Crippen molar-refractivity contribution in [3.05, 3.63) is 48.4 Å². The summed E-state index contributed by atoms with van der Waals surface area (Å²) in [5, 5.41) is 4.62. The Morgan fingerprint density at radius 3 is 3.00 bits per heavy atom. The number of anilines is 2. The average Bonchev–Trinajstić information content (AvgIpc) is 3.28. The number of nitrogens with zero attached hydrogens (tertiary/aromatic N) is 3. The van der Waals surface area contributed by atoms with Crippen molar-refractivity contribution in [1.29, 1.82) is 0 Å². The van der Waals surface area contributed by atoms with E-state index in [4.69, 9.17) is 0 Å². The molecule has 1 fully saturated rings. The van der Waals surface area contributed by atoms with Crippen LogP contribution in [-0.2, 0) is 5.41 Å². The van der Waals surface area contributed by atoms with E-state index < -0.39 is 0 Å². The summed E-state index contributed by atoms with van der Waals surface area (Å²) >= 11 is 0. The number of para-hydroxylation sites is 1. The normalized spacial score (nSPS) is 23.5. The Labute approximate surface area is 128 Å². The van der Waals surface area contributed by atoms with E-state index in [9.17, 15) is 0 Å². The lowest BCUT2D eigenvalue weighted by Gasteiger charge is -2.24. The summed E-state index contributed by atoms with van der Waals surface area (Å²) in [6.07, 6.45) is 4.76. The van der Waals surface area contributed by atoms with E-state index in [0.29, 0.717) is 0 Å². The second-order valence-electron chi connectivity index (χ2n) is 6.25. The lowest BCUT2D eigenvalue weighted by molar-refractivity contribution is 0.508. The quantitative estimate of drug-likeness (QED) is 0.722. The van der Waals surface area contributed by atoms with E-state index in [-0.39, 0.29) is 5.41 Å². The molecule has 1 atom stereocenters. The molecule has 1 spiro atoms. The molecule has 1 aromatic carbocycles. The topological polar surface area (TPSA) is 56.8 Å². The lowest BCUT2D eigenvalue weighted by Crippen LogP contribution is -2.34. The van der Waals surface area contributed by atoms with Crippen LogP contribution in [0.25, 0.3) is 11.0 Å². The van der Waals surface area contributed by atoms with Gasteiger partial charge in [-0.3, -0.25) is 0 Å². The smallest absolute Gasteiger partial charge is 0.145 e. The zero-order chi connectivity index (χ0) is 14.6. The van der Waals surface area contributed by atoms with Crippen LogP contribution in [0.15, 0.2) is 42.9 Å². The van der Waals surface area contributed by atoms with Crippen LogP contribution in [0.3, 0.4) is 0 Å². The monoisotopic (exact) mass is 291 g/mol. The number of hydrogen-bond acceptors (Lipinski definition) is 4. The van der Waals surface area contributed by atoms with Crippen molar-refractivity contribution in [3.63, 3.8) is 0 Å². The predicted octanol–water partition coefficient (Wildman–Crippen LogP) is 2.34. The Morgan fingerprint density at radius 2 is 2.09 bits per heavy atom. The van der Waals surface area contributed by atoms with Gasteiger partial charge in [-0.1, -0.05) is 18.2 Å². The molecule has 5 nitrogen and oxygen atoms in total. The second kappa shape index (κ2) is 4.30. The van der Waals surface area contributed by atoms with E-state index in [1.807, 2.05) is 6.20 Å². The summed E-state index contributed by atoms with van der Waals surface area (Å²) in [5.74, 6) is 1.00. The second-order valence-corrected chi connectivity index (χ2v) is 6.25. The fourth-order valence-corrected chi connectivity index (χ4v) is 4.00. The van der Waals surface area contributed by atoms with Crippen LogP contribution in [-0.4, -0.2) is 34.6 Å². The maximum atomic E-state index is 4.59. The summed E-state index contributed by atoms with van der Waals surface area (Å²) in [6, 6.07) is 10.8. The molecule has 2 aliphatic heterocycles. The van der Waals surface area contributed by atoms with Crippen molar-refractivity contribution in [2.24, 2.45) is 0 Å². The Hall–Kier alpha value is -2.40. The minimum Gasteiger partial charge on any atom is -0.346 e. The van der Waals surface area contributed by atoms with Crippen LogP contribution >= 0.6 is 0 Å². The van der Waals surface area contributed by atoms with Crippen molar-refractivity contribution in [3.8, 4) is 0 Å². The van der Waals surface area contributed by atoms with Gasteiger partial charge in [-0.05, 0) is 30.7 Å². The molecule has 0 aliphatic carbocycles. The Morgan fingerprint density at radius 1 is 1.14 bits per heavy atom. The molecule has 0 saturated carbocycles. The number of nitrogens with one attached hydrogen (secondary N) is 2. The summed E-state index contributed by atoms with van der Waals surface area (Å²) in [6.45, 7) is 3.12. The highest BCUT2D eigenvalue weighted by Gasteiger charge is 2.45. The molecule has 2 N–H and O–H groups in total. The molecule has 0 bridgehead atoms. The highest BCUT2D eigenvalue weighted by molar-refractivity contribution is 5.91. The van der Waals surface area contributed by atoms with Crippen LogP contribution in [0, 0.1) is 0 Å². The van der Waals surface area contributed by atoms with Crippen molar-refractivity contribution in [2.45, 2.75) is 11.8 Å². The van der Waals surface area contributed by atoms with E-state index in [0.717, 1.165) is 36.5 Å². The number of aromatic amines is 1. The van der Waals surface area contributed by atoms with Gasteiger partial charge < -0.3 is 15.2 Å². The van der Waals surface area contributed by atoms with Crippen molar-refractivity contribution in [2.75, 3.05) is 24.5 Å². The molecule has 3 aromatic rings. The van der Waals surface area contributed by atoms with Gasteiger partial charge in [0.1, 0.15) is 17.8 Å². The summed E-state index contributed by atoms with van der Waals surface area (Å²) in [5.41, 5.74) is 3.84. The van der Waals surface area contributed by atoms with E-state index in [1.165, 1.54) is 17.7 Å². The molecular weight excluding hydrogens is 274 g/mol. The minimum absolute atomic E-state index is 0.212. The fraction of sp³-hybridized carbons (Fsp3) is 0.294. The van der Waals surface area contributed by atoms with Gasteiger partial charge in [0.25, 0.3) is 0 Å². The van der Waals surface area contributed by atoms with Crippen LogP contribution < -0.4 is 10.2 Å². The van der Waals surface area contributed by atoms with Gasteiger partial charge in [-0.15, -0.1) is 0 Å². The number of aromatic nitrogens is 3. The van der Waals surface area contributed by atoms with Gasteiger partial charge >= 0.3 is 0 Å². The summed E-state index contributed by atoms with van der Waals surface area (Å²) in [4.78, 5) is 14.4. The Bertz CT molecular complexity index is 847. The molecule has 1 saturated heterocycles. The molecule has 4 heterocycles. The average molecular weight is 291 g/mol. The first-order chi connectivity index (χ1) is 10.9. The molecule has 110 valence electrons. The standard InChI is InChI=1S/C17H17N5/c1-2-4-14-13(3-1)17(6-8-18-9-17)10-22(14)16-12-5-7-19-15(12)20-11-21-16/h1-5,7,11,18H,6,8-10H2,(H,19,20,21). The zero-order valence-corrected chi connectivity index (χ0v) is 12.2. The number of benzene rings is 1. The van der Waals surface area contributed by atoms with Crippen LogP contribution in [0.4, 0.5) is 11.5 Å². The molecule has 1 unspecified atom stereocenters. The molecule has 0 radical (unpaired) electrons. The molecule has 5 rings (SSSR count). The number of hydrogen-bond donors (Lipinski definition) is 2. The number of fused-ring (bicyclic) bond motifs is 3. The maximum Gasteiger partial charge on any atom is 0.145 e. The van der Waals surface area contributed by atoms with Crippen LogP contribution in [0.2, 0.25) is 0 Å². The van der Waals surface area contributed by atoms with E-state index in [1.54, 1.807) is 6.33 Å². The van der Waals surface area contributed by atoms with Crippen LogP contribution in [0.5, 0.6) is 0 Å². The predicted molar refractivity (Wildman–Crippen MR) is 86.5 cm³/mol.